The highest BCUT2D eigenvalue weighted by molar-refractivity contribution is 5.80. The van der Waals surface area contributed by atoms with Crippen molar-refractivity contribution < 1.29 is 9.47 Å². The van der Waals surface area contributed by atoms with Gasteiger partial charge in [-0.15, -0.1) is 5.10 Å². The summed E-state index contributed by atoms with van der Waals surface area (Å²) in [4.78, 5) is 21.4. The van der Waals surface area contributed by atoms with Crippen LogP contribution in [-0.2, 0) is 11.3 Å². The molecule has 4 heterocycles. The fourth-order valence-corrected chi connectivity index (χ4v) is 5.84. The second-order valence-corrected chi connectivity index (χ2v) is 10.5. The fourth-order valence-electron chi connectivity index (χ4n) is 5.84. The molecule has 2 fully saturated rings. The number of anilines is 1. The van der Waals surface area contributed by atoms with Crippen molar-refractivity contribution in [3.63, 3.8) is 0 Å². The number of rotatable bonds is 7. The summed E-state index contributed by atoms with van der Waals surface area (Å²) in [6.45, 7) is 8.90. The zero-order valence-electron chi connectivity index (χ0n) is 22.8. The summed E-state index contributed by atoms with van der Waals surface area (Å²) in [5, 5.41) is 13.8. The molecule has 204 valence electrons. The Bertz CT molecular complexity index is 1520. The lowest BCUT2D eigenvalue weighted by Gasteiger charge is -2.40. The van der Waals surface area contributed by atoms with Crippen LogP contribution in [0.5, 0.6) is 5.75 Å². The zero-order valence-corrected chi connectivity index (χ0v) is 22.8. The Balaban J connectivity index is 1.36. The first kappa shape index (κ1) is 25.5. The van der Waals surface area contributed by atoms with Crippen molar-refractivity contribution >= 4 is 16.6 Å². The average molecular weight is 530 g/mol. The highest BCUT2D eigenvalue weighted by Crippen LogP contribution is 2.31. The van der Waals surface area contributed by atoms with Gasteiger partial charge in [-0.3, -0.25) is 9.69 Å². The van der Waals surface area contributed by atoms with Gasteiger partial charge in [-0.05, 0) is 77.9 Å². The molecule has 2 aromatic heterocycles. The quantitative estimate of drug-likeness (QED) is 0.390. The first-order chi connectivity index (χ1) is 19.0. The van der Waals surface area contributed by atoms with Crippen LogP contribution in [-0.4, -0.2) is 76.1 Å². The van der Waals surface area contributed by atoms with Crippen molar-refractivity contribution in [2.45, 2.75) is 45.4 Å². The van der Waals surface area contributed by atoms with Gasteiger partial charge in [0.2, 0.25) is 0 Å². The first-order valence-corrected chi connectivity index (χ1v) is 13.7. The summed E-state index contributed by atoms with van der Waals surface area (Å²) in [5.74, 6) is 1.37. The van der Waals surface area contributed by atoms with Gasteiger partial charge in [0.25, 0.3) is 5.56 Å². The summed E-state index contributed by atoms with van der Waals surface area (Å²) < 4.78 is 13.1. The monoisotopic (exact) mass is 529 g/mol. The summed E-state index contributed by atoms with van der Waals surface area (Å²) in [7, 11) is 1.62. The van der Waals surface area contributed by atoms with Crippen LogP contribution in [0.25, 0.3) is 10.9 Å². The van der Waals surface area contributed by atoms with Crippen molar-refractivity contribution in [2.75, 3.05) is 44.8 Å². The van der Waals surface area contributed by atoms with Gasteiger partial charge < -0.3 is 19.4 Å². The third-order valence-electron chi connectivity index (χ3n) is 8.18. The third kappa shape index (κ3) is 5.02. The van der Waals surface area contributed by atoms with Crippen LogP contribution in [0.15, 0.2) is 47.3 Å². The number of benzene rings is 2. The molecule has 0 radical (unpaired) electrons. The molecule has 0 unspecified atom stereocenters. The Morgan fingerprint density at radius 3 is 2.74 bits per heavy atom. The van der Waals surface area contributed by atoms with Crippen molar-refractivity contribution in [1.29, 1.82) is 0 Å². The van der Waals surface area contributed by atoms with Crippen LogP contribution in [0.1, 0.15) is 41.4 Å². The predicted molar refractivity (Wildman–Crippen MR) is 149 cm³/mol. The van der Waals surface area contributed by atoms with Crippen LogP contribution in [0.2, 0.25) is 0 Å². The molecular weight excluding hydrogens is 494 g/mol. The van der Waals surface area contributed by atoms with E-state index in [2.05, 4.69) is 62.4 Å². The van der Waals surface area contributed by atoms with E-state index >= 15 is 0 Å². The van der Waals surface area contributed by atoms with Gasteiger partial charge in [0.1, 0.15) is 11.8 Å². The van der Waals surface area contributed by atoms with E-state index in [0.29, 0.717) is 23.7 Å². The maximum atomic E-state index is 13.6. The molecule has 39 heavy (non-hydrogen) atoms. The Labute approximate surface area is 227 Å². The Morgan fingerprint density at radius 1 is 1.13 bits per heavy atom. The molecule has 2 aliphatic rings. The van der Waals surface area contributed by atoms with Gasteiger partial charge in [0.15, 0.2) is 5.82 Å². The molecule has 4 aromatic rings. The van der Waals surface area contributed by atoms with E-state index in [1.807, 2.05) is 28.9 Å². The summed E-state index contributed by atoms with van der Waals surface area (Å²) >= 11 is 0. The fraction of sp³-hybridized carbons (Fsp3) is 0.448. The SMILES string of the molecule is COc1ccc2cc([C@@H](c3nnnn3C[C@H]3CCCO3)N3CCN(c4cccc(C)c4C)CC3)c(=O)[nH]c2c1. The van der Waals surface area contributed by atoms with E-state index in [1.165, 1.54) is 16.8 Å². The number of fused-ring (bicyclic) bond motifs is 1. The Kier molecular flexibility index (Phi) is 7.05. The average Bonchev–Trinajstić information content (AvgIpc) is 3.64. The Hall–Kier alpha value is -3.76. The minimum Gasteiger partial charge on any atom is -0.497 e. The van der Waals surface area contributed by atoms with E-state index in [1.54, 1.807) is 7.11 Å². The number of piperazine rings is 1. The molecule has 2 atom stereocenters. The first-order valence-electron chi connectivity index (χ1n) is 13.7. The van der Waals surface area contributed by atoms with Gasteiger partial charge in [-0.2, -0.15) is 0 Å². The minimum absolute atomic E-state index is 0.0800. The maximum absolute atomic E-state index is 13.6. The number of nitrogens with zero attached hydrogens (tertiary/aromatic N) is 6. The number of hydrogen-bond donors (Lipinski definition) is 1. The normalized spacial score (nSPS) is 19.1. The number of methoxy groups -OCH3 is 1. The second-order valence-electron chi connectivity index (χ2n) is 10.5. The molecule has 2 saturated heterocycles. The van der Waals surface area contributed by atoms with Crippen molar-refractivity contribution in [3.8, 4) is 5.75 Å². The Morgan fingerprint density at radius 2 is 1.97 bits per heavy atom. The number of tetrazole rings is 1. The molecule has 0 aliphatic carbocycles. The molecule has 2 aliphatic heterocycles. The van der Waals surface area contributed by atoms with Crippen LogP contribution in [0.3, 0.4) is 0 Å². The van der Waals surface area contributed by atoms with Crippen molar-refractivity contribution in [3.05, 3.63) is 75.3 Å². The molecule has 6 rings (SSSR count). The van der Waals surface area contributed by atoms with Crippen molar-refractivity contribution in [2.24, 2.45) is 0 Å². The standard InChI is InChI=1S/C29H35N7O3/c1-19-6-4-8-26(20(19)2)34-11-13-35(14-12-34)27(28-31-32-33-36(28)18-23-7-5-15-39-23)24-16-21-9-10-22(38-3)17-25(21)30-29(24)37/h4,6,8-10,16-17,23,27H,5,7,11-15,18H2,1-3H3,(H,30,37)/t23-,27+/m1/s1. The number of aryl methyl sites for hydroxylation is 1. The van der Waals surface area contributed by atoms with E-state index < -0.39 is 6.04 Å². The summed E-state index contributed by atoms with van der Waals surface area (Å²) in [5.41, 5.74) is 5.10. The number of nitrogens with one attached hydrogen (secondary N) is 1. The molecule has 0 spiro atoms. The van der Waals surface area contributed by atoms with E-state index in [0.717, 1.165) is 56.5 Å². The molecular formula is C29H35N7O3. The molecule has 1 N–H and O–H groups in total. The number of ether oxygens (including phenoxy) is 2. The summed E-state index contributed by atoms with van der Waals surface area (Å²) in [6, 6.07) is 13.8. The lowest BCUT2D eigenvalue weighted by atomic mass is 10.0. The van der Waals surface area contributed by atoms with Gasteiger partial charge in [-0.1, -0.05) is 12.1 Å². The maximum Gasteiger partial charge on any atom is 0.253 e. The predicted octanol–water partition coefficient (Wildman–Crippen LogP) is 3.23. The van der Waals surface area contributed by atoms with Crippen LogP contribution in [0.4, 0.5) is 5.69 Å². The van der Waals surface area contributed by atoms with Crippen LogP contribution in [0, 0.1) is 13.8 Å². The molecule has 10 heteroatoms. The lowest BCUT2D eigenvalue weighted by Crippen LogP contribution is -2.49. The number of aromatic nitrogens is 5. The molecule has 0 bridgehead atoms. The molecule has 0 amide bonds. The van der Waals surface area contributed by atoms with Gasteiger partial charge in [-0.25, -0.2) is 4.68 Å². The largest absolute Gasteiger partial charge is 0.497 e. The highest BCUT2D eigenvalue weighted by Gasteiger charge is 2.34. The second kappa shape index (κ2) is 10.8. The number of aromatic amines is 1. The van der Waals surface area contributed by atoms with E-state index in [-0.39, 0.29) is 11.7 Å². The van der Waals surface area contributed by atoms with Gasteiger partial charge in [0, 0.05) is 50.1 Å². The smallest absolute Gasteiger partial charge is 0.253 e. The van der Waals surface area contributed by atoms with E-state index in [9.17, 15) is 4.79 Å². The third-order valence-corrected chi connectivity index (χ3v) is 8.18. The van der Waals surface area contributed by atoms with Gasteiger partial charge in [0.05, 0.1) is 25.3 Å². The van der Waals surface area contributed by atoms with E-state index in [4.69, 9.17) is 9.47 Å². The summed E-state index contributed by atoms with van der Waals surface area (Å²) in [6.07, 6.45) is 2.10. The topological polar surface area (TPSA) is 101 Å². The number of pyridine rings is 1. The number of H-pyrrole nitrogens is 1. The molecule has 2 aromatic carbocycles. The van der Waals surface area contributed by atoms with Gasteiger partial charge >= 0.3 is 0 Å². The zero-order chi connectivity index (χ0) is 26.9. The highest BCUT2D eigenvalue weighted by atomic mass is 16.5. The molecule has 10 nitrogen and oxygen atoms in total. The minimum atomic E-state index is -0.391. The van der Waals surface area contributed by atoms with Crippen molar-refractivity contribution in [1.82, 2.24) is 30.1 Å². The molecule has 0 saturated carbocycles. The number of hydrogen-bond acceptors (Lipinski definition) is 8. The van der Waals surface area contributed by atoms with Crippen LogP contribution < -0.4 is 15.2 Å². The van der Waals surface area contributed by atoms with Crippen LogP contribution >= 0.6 is 0 Å². The lowest BCUT2D eigenvalue weighted by molar-refractivity contribution is 0.0906.